The normalized spacial score (nSPS) is 14.4. The van der Waals surface area contributed by atoms with Crippen LogP contribution in [0.15, 0.2) is 0 Å². The highest BCUT2D eigenvalue weighted by atomic mass is 35.5. The third kappa shape index (κ3) is 6.67. The van der Waals surface area contributed by atoms with Crippen LogP contribution in [0.3, 0.4) is 0 Å². The molecule has 0 saturated carbocycles. The first-order chi connectivity index (χ1) is 6.54. The maximum atomic E-state index is 10.4. The Balaban J connectivity index is 4.03. The zero-order chi connectivity index (χ0) is 11.0. The quantitative estimate of drug-likeness (QED) is 0.611. The molecule has 0 rings (SSSR count). The standard InChI is InChI=1S/C12H25ClO/c1-4-6-8-12(14,9-7-5-2)10-11(3)13/h11,14H,4-10H2,1-3H3. The number of halogens is 1. The molecule has 0 aliphatic rings. The Morgan fingerprint density at radius 1 is 1.14 bits per heavy atom. The zero-order valence-corrected chi connectivity index (χ0v) is 10.6. The monoisotopic (exact) mass is 220 g/mol. The lowest BCUT2D eigenvalue weighted by molar-refractivity contribution is 0.0105. The molecule has 0 aromatic rings. The van der Waals surface area contributed by atoms with Gasteiger partial charge in [0.25, 0.3) is 0 Å². The molecule has 1 nitrogen and oxygen atoms in total. The van der Waals surface area contributed by atoms with E-state index in [1.807, 2.05) is 6.92 Å². The van der Waals surface area contributed by atoms with Crippen LogP contribution < -0.4 is 0 Å². The van der Waals surface area contributed by atoms with Crippen LogP contribution in [-0.2, 0) is 0 Å². The van der Waals surface area contributed by atoms with Crippen molar-refractivity contribution in [1.29, 1.82) is 0 Å². The lowest BCUT2D eigenvalue weighted by Gasteiger charge is -2.29. The van der Waals surface area contributed by atoms with Crippen LogP contribution in [0.2, 0.25) is 0 Å². The molecule has 0 radical (unpaired) electrons. The van der Waals surface area contributed by atoms with Crippen LogP contribution in [-0.4, -0.2) is 16.1 Å². The molecule has 14 heavy (non-hydrogen) atoms. The molecule has 0 aromatic heterocycles. The molecule has 0 aliphatic heterocycles. The largest absolute Gasteiger partial charge is 0.390 e. The van der Waals surface area contributed by atoms with E-state index in [0.717, 1.165) is 44.9 Å². The number of unbranched alkanes of at least 4 members (excludes halogenated alkanes) is 2. The molecular formula is C12H25ClO. The van der Waals surface area contributed by atoms with Gasteiger partial charge in [-0.25, -0.2) is 0 Å². The summed E-state index contributed by atoms with van der Waals surface area (Å²) in [6.07, 6.45) is 7.03. The maximum absolute atomic E-state index is 10.4. The predicted octanol–water partition coefficient (Wildman–Crippen LogP) is 4.12. The van der Waals surface area contributed by atoms with Gasteiger partial charge >= 0.3 is 0 Å². The zero-order valence-electron chi connectivity index (χ0n) is 9.85. The van der Waals surface area contributed by atoms with E-state index in [2.05, 4.69) is 13.8 Å². The van der Waals surface area contributed by atoms with Gasteiger partial charge in [0.1, 0.15) is 0 Å². The van der Waals surface area contributed by atoms with E-state index in [9.17, 15) is 5.11 Å². The van der Waals surface area contributed by atoms with Gasteiger partial charge in [0.2, 0.25) is 0 Å². The van der Waals surface area contributed by atoms with E-state index in [0.29, 0.717) is 0 Å². The van der Waals surface area contributed by atoms with E-state index >= 15 is 0 Å². The Morgan fingerprint density at radius 2 is 1.57 bits per heavy atom. The van der Waals surface area contributed by atoms with Crippen molar-refractivity contribution in [2.45, 2.75) is 76.7 Å². The lowest BCUT2D eigenvalue weighted by Crippen LogP contribution is -2.31. The van der Waals surface area contributed by atoms with Gasteiger partial charge in [0.15, 0.2) is 0 Å². The van der Waals surface area contributed by atoms with Gasteiger partial charge in [0.05, 0.1) is 5.60 Å². The topological polar surface area (TPSA) is 20.2 Å². The second-order valence-corrected chi connectivity index (χ2v) is 5.16. The summed E-state index contributed by atoms with van der Waals surface area (Å²) in [6, 6.07) is 0. The van der Waals surface area contributed by atoms with Gasteiger partial charge in [-0.2, -0.15) is 0 Å². The van der Waals surface area contributed by atoms with E-state index in [4.69, 9.17) is 11.6 Å². The first-order valence-electron chi connectivity index (χ1n) is 5.90. The Kier molecular flexibility index (Phi) is 7.66. The van der Waals surface area contributed by atoms with E-state index in [1.165, 1.54) is 0 Å². The number of alkyl halides is 1. The highest BCUT2D eigenvalue weighted by Crippen LogP contribution is 2.28. The van der Waals surface area contributed by atoms with Crippen molar-refractivity contribution in [2.75, 3.05) is 0 Å². The van der Waals surface area contributed by atoms with E-state index in [1.54, 1.807) is 0 Å². The van der Waals surface area contributed by atoms with E-state index < -0.39 is 5.60 Å². The average molecular weight is 221 g/mol. The lowest BCUT2D eigenvalue weighted by atomic mass is 9.87. The van der Waals surface area contributed by atoms with Gasteiger partial charge in [-0.1, -0.05) is 39.5 Å². The van der Waals surface area contributed by atoms with Gasteiger partial charge in [0, 0.05) is 5.38 Å². The summed E-state index contributed by atoms with van der Waals surface area (Å²) in [6.45, 7) is 6.28. The Morgan fingerprint density at radius 3 is 1.86 bits per heavy atom. The summed E-state index contributed by atoms with van der Waals surface area (Å²) in [5.41, 5.74) is -0.507. The third-order valence-corrected chi connectivity index (χ3v) is 2.81. The van der Waals surface area contributed by atoms with Crippen molar-refractivity contribution >= 4 is 11.6 Å². The second-order valence-electron chi connectivity index (χ2n) is 4.42. The Bertz CT molecular complexity index is 126. The number of aliphatic hydroxyl groups is 1. The highest BCUT2D eigenvalue weighted by Gasteiger charge is 2.26. The fourth-order valence-corrected chi connectivity index (χ4v) is 2.15. The molecule has 0 amide bonds. The maximum Gasteiger partial charge on any atom is 0.0661 e. The van der Waals surface area contributed by atoms with Crippen molar-refractivity contribution in [3.63, 3.8) is 0 Å². The minimum Gasteiger partial charge on any atom is -0.390 e. The molecule has 1 unspecified atom stereocenters. The average Bonchev–Trinajstić information content (AvgIpc) is 2.11. The molecule has 0 spiro atoms. The molecule has 0 heterocycles. The molecule has 0 bridgehead atoms. The van der Waals surface area contributed by atoms with Crippen LogP contribution in [0, 0.1) is 0 Å². The number of hydrogen-bond acceptors (Lipinski definition) is 1. The van der Waals surface area contributed by atoms with Crippen molar-refractivity contribution in [3.05, 3.63) is 0 Å². The molecule has 1 N–H and O–H groups in total. The fraction of sp³-hybridized carbons (Fsp3) is 1.00. The van der Waals surface area contributed by atoms with Crippen LogP contribution in [0.25, 0.3) is 0 Å². The van der Waals surface area contributed by atoms with Gasteiger partial charge in [-0.05, 0) is 26.2 Å². The molecule has 1 atom stereocenters. The Labute approximate surface area is 93.9 Å². The summed E-state index contributed by atoms with van der Waals surface area (Å²) in [5.74, 6) is 0. The van der Waals surface area contributed by atoms with Crippen LogP contribution in [0.4, 0.5) is 0 Å². The minimum absolute atomic E-state index is 0.0775. The molecule has 0 aliphatic carbocycles. The Hall–Kier alpha value is 0.250. The summed E-state index contributed by atoms with van der Waals surface area (Å²) in [7, 11) is 0. The van der Waals surface area contributed by atoms with Gasteiger partial charge < -0.3 is 5.11 Å². The predicted molar refractivity (Wildman–Crippen MR) is 63.9 cm³/mol. The third-order valence-electron chi connectivity index (χ3n) is 2.65. The van der Waals surface area contributed by atoms with Crippen molar-refractivity contribution in [2.24, 2.45) is 0 Å². The van der Waals surface area contributed by atoms with Crippen molar-refractivity contribution in [1.82, 2.24) is 0 Å². The van der Waals surface area contributed by atoms with Crippen LogP contribution >= 0.6 is 11.6 Å². The smallest absolute Gasteiger partial charge is 0.0661 e. The van der Waals surface area contributed by atoms with Crippen molar-refractivity contribution in [3.8, 4) is 0 Å². The summed E-state index contributed by atoms with van der Waals surface area (Å²) >= 11 is 5.96. The summed E-state index contributed by atoms with van der Waals surface area (Å²) in [5, 5.41) is 10.4. The summed E-state index contributed by atoms with van der Waals surface area (Å²) < 4.78 is 0. The molecule has 86 valence electrons. The SMILES string of the molecule is CCCCC(O)(CCCC)CC(C)Cl. The fourth-order valence-electron chi connectivity index (χ4n) is 1.86. The highest BCUT2D eigenvalue weighted by molar-refractivity contribution is 6.20. The summed E-state index contributed by atoms with van der Waals surface area (Å²) in [4.78, 5) is 0. The second kappa shape index (κ2) is 7.53. The van der Waals surface area contributed by atoms with Crippen LogP contribution in [0.5, 0.6) is 0 Å². The number of rotatable bonds is 8. The van der Waals surface area contributed by atoms with Gasteiger partial charge in [-0.15, -0.1) is 11.6 Å². The molecule has 0 saturated heterocycles. The number of hydrogen-bond donors (Lipinski definition) is 1. The molecule has 0 aromatic carbocycles. The molecule has 2 heteroatoms. The molecular weight excluding hydrogens is 196 g/mol. The van der Waals surface area contributed by atoms with Gasteiger partial charge in [-0.3, -0.25) is 0 Å². The first kappa shape index (κ1) is 14.2. The molecule has 0 fully saturated rings. The minimum atomic E-state index is -0.507. The van der Waals surface area contributed by atoms with Crippen molar-refractivity contribution < 1.29 is 5.11 Å². The van der Waals surface area contributed by atoms with Crippen LogP contribution in [0.1, 0.15) is 65.7 Å². The first-order valence-corrected chi connectivity index (χ1v) is 6.34. The van der Waals surface area contributed by atoms with E-state index in [-0.39, 0.29) is 5.38 Å².